The second-order valence-corrected chi connectivity index (χ2v) is 4.86. The van der Waals surface area contributed by atoms with Gasteiger partial charge in [-0.25, -0.2) is 0 Å². The maximum absolute atomic E-state index is 11.7. The number of carbonyl (C=O) groups is 1. The third-order valence-corrected chi connectivity index (χ3v) is 3.37. The zero-order valence-electron chi connectivity index (χ0n) is 10.5. The molecule has 0 saturated heterocycles. The molecule has 0 aromatic heterocycles. The molecule has 2 nitrogen and oxygen atoms in total. The van der Waals surface area contributed by atoms with Crippen molar-refractivity contribution in [3.8, 4) is 12.3 Å². The molecule has 2 aromatic rings. The van der Waals surface area contributed by atoms with Crippen molar-refractivity contribution in [1.29, 1.82) is 0 Å². The fraction of sp³-hybridized carbons (Fsp3) is 0.235. The van der Waals surface area contributed by atoms with Gasteiger partial charge in [-0.3, -0.25) is 4.79 Å². The van der Waals surface area contributed by atoms with E-state index in [0.29, 0.717) is 0 Å². The van der Waals surface area contributed by atoms with Gasteiger partial charge in [-0.15, -0.1) is 6.42 Å². The van der Waals surface area contributed by atoms with Gasteiger partial charge in [0.2, 0.25) is 0 Å². The van der Waals surface area contributed by atoms with E-state index < -0.39 is 6.10 Å². The minimum Gasteiger partial charge on any atom is -0.444 e. The molecular weight excluding hydrogens is 236 g/mol. The van der Waals surface area contributed by atoms with Gasteiger partial charge in [-0.1, -0.05) is 42.3 Å². The Bertz CT molecular complexity index is 662. The predicted molar refractivity (Wildman–Crippen MR) is 74.3 cm³/mol. The first-order chi connectivity index (χ1) is 9.28. The number of esters is 1. The Labute approximate surface area is 112 Å². The van der Waals surface area contributed by atoms with E-state index in [0.717, 1.165) is 29.2 Å². The highest BCUT2D eigenvalue weighted by molar-refractivity contribution is 5.83. The van der Waals surface area contributed by atoms with E-state index in [2.05, 4.69) is 5.92 Å². The molecule has 2 aromatic carbocycles. The molecule has 94 valence electrons. The summed E-state index contributed by atoms with van der Waals surface area (Å²) in [5, 5.41) is 2.25. The SMILES string of the molecule is C#CC(OC(=O)C1CC1)c1ccc2ccccc2c1. The zero-order valence-corrected chi connectivity index (χ0v) is 10.5. The Kier molecular flexibility index (Phi) is 2.97. The van der Waals surface area contributed by atoms with Crippen LogP contribution < -0.4 is 0 Å². The van der Waals surface area contributed by atoms with Gasteiger partial charge in [0.1, 0.15) is 0 Å². The van der Waals surface area contributed by atoms with Crippen LogP contribution in [0.5, 0.6) is 0 Å². The van der Waals surface area contributed by atoms with E-state index in [9.17, 15) is 4.79 Å². The molecule has 0 N–H and O–H groups in total. The van der Waals surface area contributed by atoms with E-state index in [-0.39, 0.29) is 11.9 Å². The Hall–Kier alpha value is -2.27. The van der Waals surface area contributed by atoms with Crippen LogP contribution in [0.2, 0.25) is 0 Å². The lowest BCUT2D eigenvalue weighted by Gasteiger charge is -2.13. The highest BCUT2D eigenvalue weighted by atomic mass is 16.5. The molecule has 1 saturated carbocycles. The number of rotatable bonds is 3. The average Bonchev–Trinajstić information content (AvgIpc) is 3.28. The first-order valence-corrected chi connectivity index (χ1v) is 6.43. The van der Waals surface area contributed by atoms with Crippen molar-refractivity contribution in [2.24, 2.45) is 5.92 Å². The van der Waals surface area contributed by atoms with Gasteiger partial charge in [0.05, 0.1) is 5.92 Å². The molecule has 1 unspecified atom stereocenters. The Morgan fingerprint density at radius 3 is 2.63 bits per heavy atom. The van der Waals surface area contributed by atoms with Crippen molar-refractivity contribution in [2.75, 3.05) is 0 Å². The molecule has 0 bridgehead atoms. The van der Waals surface area contributed by atoms with Gasteiger partial charge in [-0.2, -0.15) is 0 Å². The Morgan fingerprint density at radius 1 is 1.21 bits per heavy atom. The number of fused-ring (bicyclic) bond motifs is 1. The molecule has 3 rings (SSSR count). The maximum Gasteiger partial charge on any atom is 0.310 e. The van der Waals surface area contributed by atoms with Crippen LogP contribution in [0.25, 0.3) is 10.8 Å². The number of terminal acetylenes is 1. The summed E-state index contributed by atoms with van der Waals surface area (Å²) < 4.78 is 5.38. The van der Waals surface area contributed by atoms with Crippen LogP contribution in [-0.2, 0) is 9.53 Å². The lowest BCUT2D eigenvalue weighted by atomic mass is 10.0. The summed E-state index contributed by atoms with van der Waals surface area (Å²) in [5.74, 6) is 2.45. The summed E-state index contributed by atoms with van der Waals surface area (Å²) in [6.45, 7) is 0. The topological polar surface area (TPSA) is 26.3 Å². The quantitative estimate of drug-likeness (QED) is 0.616. The standard InChI is InChI=1S/C17H14O2/c1-2-16(19-17(18)13-8-9-13)15-10-7-12-5-3-4-6-14(12)11-15/h1,3-7,10-11,13,16H,8-9H2. The van der Waals surface area contributed by atoms with E-state index in [1.165, 1.54) is 0 Å². The van der Waals surface area contributed by atoms with Crippen LogP contribution >= 0.6 is 0 Å². The van der Waals surface area contributed by atoms with E-state index in [1.807, 2.05) is 42.5 Å². The van der Waals surface area contributed by atoms with Crippen LogP contribution in [0.4, 0.5) is 0 Å². The third kappa shape index (κ3) is 2.46. The molecule has 1 aliphatic rings. The number of hydrogen-bond acceptors (Lipinski definition) is 2. The van der Waals surface area contributed by atoms with Gasteiger partial charge in [-0.05, 0) is 29.7 Å². The summed E-state index contributed by atoms with van der Waals surface area (Å²) in [6.07, 6.45) is 6.75. The van der Waals surface area contributed by atoms with E-state index >= 15 is 0 Å². The molecule has 0 spiro atoms. The van der Waals surface area contributed by atoms with Crippen molar-refractivity contribution in [1.82, 2.24) is 0 Å². The lowest BCUT2D eigenvalue weighted by molar-refractivity contribution is -0.148. The smallest absolute Gasteiger partial charge is 0.310 e. The van der Waals surface area contributed by atoms with Gasteiger partial charge in [0, 0.05) is 5.56 Å². The summed E-state index contributed by atoms with van der Waals surface area (Å²) in [6, 6.07) is 13.9. The van der Waals surface area contributed by atoms with Crippen LogP contribution in [0.1, 0.15) is 24.5 Å². The zero-order chi connectivity index (χ0) is 13.2. The van der Waals surface area contributed by atoms with Crippen molar-refractivity contribution in [2.45, 2.75) is 18.9 Å². The molecular formula is C17H14O2. The van der Waals surface area contributed by atoms with Crippen molar-refractivity contribution >= 4 is 16.7 Å². The number of benzene rings is 2. The Balaban J connectivity index is 1.88. The second-order valence-electron chi connectivity index (χ2n) is 4.86. The maximum atomic E-state index is 11.7. The van der Waals surface area contributed by atoms with E-state index in [4.69, 9.17) is 11.2 Å². The predicted octanol–water partition coefficient (Wildman–Crippen LogP) is 3.47. The highest BCUT2D eigenvalue weighted by Gasteiger charge is 2.32. The Morgan fingerprint density at radius 2 is 1.95 bits per heavy atom. The van der Waals surface area contributed by atoms with Crippen molar-refractivity contribution in [3.05, 3.63) is 48.0 Å². The summed E-state index contributed by atoms with van der Waals surface area (Å²) in [7, 11) is 0. The number of hydrogen-bond donors (Lipinski definition) is 0. The van der Waals surface area contributed by atoms with Crippen LogP contribution in [0, 0.1) is 18.3 Å². The van der Waals surface area contributed by atoms with Crippen molar-refractivity contribution < 1.29 is 9.53 Å². The summed E-state index contributed by atoms with van der Waals surface area (Å²) >= 11 is 0. The minimum absolute atomic E-state index is 0.0660. The molecule has 0 heterocycles. The number of ether oxygens (including phenoxy) is 1. The fourth-order valence-corrected chi connectivity index (χ4v) is 2.10. The highest BCUT2D eigenvalue weighted by Crippen LogP contribution is 2.32. The molecule has 2 heteroatoms. The number of carbonyl (C=O) groups excluding carboxylic acids is 1. The minimum atomic E-state index is -0.585. The summed E-state index contributed by atoms with van der Waals surface area (Å²) in [4.78, 5) is 11.7. The van der Waals surface area contributed by atoms with Crippen LogP contribution in [-0.4, -0.2) is 5.97 Å². The summed E-state index contributed by atoms with van der Waals surface area (Å²) in [5.41, 5.74) is 0.857. The molecule has 0 aliphatic heterocycles. The third-order valence-electron chi connectivity index (χ3n) is 3.37. The first kappa shape index (κ1) is 11.8. The molecule has 1 atom stereocenters. The molecule has 1 aliphatic carbocycles. The molecule has 1 fully saturated rings. The second kappa shape index (κ2) is 4.78. The average molecular weight is 250 g/mol. The van der Waals surface area contributed by atoms with Gasteiger partial charge in [0.25, 0.3) is 0 Å². The van der Waals surface area contributed by atoms with Crippen LogP contribution in [0.15, 0.2) is 42.5 Å². The van der Waals surface area contributed by atoms with Gasteiger partial charge >= 0.3 is 5.97 Å². The fourth-order valence-electron chi connectivity index (χ4n) is 2.10. The van der Waals surface area contributed by atoms with Crippen molar-refractivity contribution in [3.63, 3.8) is 0 Å². The first-order valence-electron chi connectivity index (χ1n) is 6.43. The van der Waals surface area contributed by atoms with Crippen LogP contribution in [0.3, 0.4) is 0 Å². The molecule has 0 amide bonds. The van der Waals surface area contributed by atoms with E-state index in [1.54, 1.807) is 0 Å². The largest absolute Gasteiger partial charge is 0.444 e. The lowest BCUT2D eigenvalue weighted by Crippen LogP contribution is -2.11. The normalized spacial score (nSPS) is 15.7. The van der Waals surface area contributed by atoms with Gasteiger partial charge in [0.15, 0.2) is 6.10 Å². The van der Waals surface area contributed by atoms with Gasteiger partial charge < -0.3 is 4.74 Å². The monoisotopic (exact) mass is 250 g/mol. The molecule has 0 radical (unpaired) electrons. The molecule has 19 heavy (non-hydrogen) atoms.